The number of aromatic nitrogens is 1. The zero-order valence-electron chi connectivity index (χ0n) is 11.3. The highest BCUT2D eigenvalue weighted by molar-refractivity contribution is 5.95. The Morgan fingerprint density at radius 3 is 3.10 bits per heavy atom. The maximum Gasteiger partial charge on any atom is 0.273 e. The molecule has 0 aliphatic heterocycles. The molecule has 1 heterocycles. The summed E-state index contributed by atoms with van der Waals surface area (Å²) in [6, 6.07) is 8.07. The summed E-state index contributed by atoms with van der Waals surface area (Å²) in [5, 5.41) is 6.72. The Morgan fingerprint density at radius 1 is 1.40 bits per heavy atom. The predicted molar refractivity (Wildman–Crippen MR) is 73.6 cm³/mol. The molecule has 1 aromatic heterocycles. The van der Waals surface area contributed by atoms with Crippen molar-refractivity contribution >= 4 is 5.91 Å². The van der Waals surface area contributed by atoms with E-state index in [4.69, 9.17) is 9.26 Å². The summed E-state index contributed by atoms with van der Waals surface area (Å²) in [7, 11) is 1.60. The summed E-state index contributed by atoms with van der Waals surface area (Å²) in [6.07, 6.45) is 1.69. The van der Waals surface area contributed by atoms with Gasteiger partial charge in [0.2, 0.25) is 0 Å². The van der Waals surface area contributed by atoms with E-state index in [1.165, 1.54) is 5.56 Å². The molecule has 0 bridgehead atoms. The molecule has 0 saturated heterocycles. The van der Waals surface area contributed by atoms with Crippen LogP contribution < -0.4 is 5.32 Å². The fourth-order valence-electron chi connectivity index (χ4n) is 2.50. The molecule has 1 aliphatic rings. The Balaban J connectivity index is 1.88. The van der Waals surface area contributed by atoms with E-state index in [0.29, 0.717) is 18.8 Å². The Morgan fingerprint density at radius 2 is 2.25 bits per heavy atom. The van der Waals surface area contributed by atoms with Gasteiger partial charge in [0.05, 0.1) is 6.61 Å². The van der Waals surface area contributed by atoms with Gasteiger partial charge in [-0.25, -0.2) is 0 Å². The first-order valence-electron chi connectivity index (χ1n) is 6.65. The predicted octanol–water partition coefficient (Wildman–Crippen LogP) is 1.82. The number of rotatable bonds is 4. The molecule has 1 aliphatic carbocycles. The van der Waals surface area contributed by atoms with E-state index in [-0.39, 0.29) is 5.91 Å². The number of nitrogens with one attached hydrogen (secondary N) is 1. The molecule has 0 atom stereocenters. The number of amides is 1. The van der Waals surface area contributed by atoms with E-state index < -0.39 is 0 Å². The molecule has 0 saturated carbocycles. The Kier molecular flexibility index (Phi) is 3.52. The fraction of sp³-hybridized carbons (Fsp3) is 0.333. The molecule has 0 spiro atoms. The zero-order valence-corrected chi connectivity index (χ0v) is 11.3. The van der Waals surface area contributed by atoms with Gasteiger partial charge in [0.25, 0.3) is 5.91 Å². The van der Waals surface area contributed by atoms with Crippen LogP contribution in [0.4, 0.5) is 0 Å². The molecule has 0 fully saturated rings. The highest BCUT2D eigenvalue weighted by Crippen LogP contribution is 2.34. The molecule has 1 aromatic carbocycles. The zero-order chi connectivity index (χ0) is 13.9. The number of benzene rings is 1. The number of nitrogens with zero attached hydrogens (tertiary/aromatic N) is 1. The first-order chi connectivity index (χ1) is 9.81. The summed E-state index contributed by atoms with van der Waals surface area (Å²) in [4.78, 5) is 12.1. The average Bonchev–Trinajstić information content (AvgIpc) is 2.92. The van der Waals surface area contributed by atoms with Crippen molar-refractivity contribution in [1.29, 1.82) is 0 Å². The highest BCUT2D eigenvalue weighted by atomic mass is 16.5. The Labute approximate surface area is 116 Å². The van der Waals surface area contributed by atoms with Gasteiger partial charge in [0.1, 0.15) is 0 Å². The van der Waals surface area contributed by atoms with Crippen LogP contribution in [0.1, 0.15) is 21.6 Å². The van der Waals surface area contributed by atoms with Crippen molar-refractivity contribution in [2.75, 3.05) is 20.3 Å². The quantitative estimate of drug-likeness (QED) is 0.862. The van der Waals surface area contributed by atoms with E-state index in [1.807, 2.05) is 18.2 Å². The third-order valence-corrected chi connectivity index (χ3v) is 3.50. The second-order valence-corrected chi connectivity index (χ2v) is 4.74. The average molecular weight is 272 g/mol. The van der Waals surface area contributed by atoms with Crippen LogP contribution in [0.15, 0.2) is 28.8 Å². The van der Waals surface area contributed by atoms with Gasteiger partial charge in [0.15, 0.2) is 11.5 Å². The molecule has 2 aromatic rings. The lowest BCUT2D eigenvalue weighted by Gasteiger charge is -2.14. The minimum absolute atomic E-state index is 0.202. The molecule has 5 heteroatoms. The second-order valence-electron chi connectivity index (χ2n) is 4.74. The molecular weight excluding hydrogens is 256 g/mol. The van der Waals surface area contributed by atoms with Crippen molar-refractivity contribution < 1.29 is 14.1 Å². The molecule has 104 valence electrons. The summed E-state index contributed by atoms with van der Waals surface area (Å²) < 4.78 is 10.3. The van der Waals surface area contributed by atoms with Crippen molar-refractivity contribution in [1.82, 2.24) is 10.5 Å². The summed E-state index contributed by atoms with van der Waals surface area (Å²) >= 11 is 0. The van der Waals surface area contributed by atoms with Gasteiger partial charge in [-0.1, -0.05) is 29.4 Å². The maximum absolute atomic E-state index is 12.1. The summed E-state index contributed by atoms with van der Waals surface area (Å²) in [5.41, 5.74) is 3.57. The molecular formula is C15H16N2O3. The van der Waals surface area contributed by atoms with Crippen LogP contribution in [0.3, 0.4) is 0 Å². The standard InChI is InChI=1S/C15H16N2O3/c1-19-9-8-16-15(18)13-12-7-6-10-4-2-3-5-11(10)14(12)20-17-13/h2-5H,6-9H2,1H3,(H,16,18). The molecule has 20 heavy (non-hydrogen) atoms. The molecule has 0 unspecified atom stereocenters. The Hall–Kier alpha value is -2.14. The fourth-order valence-corrected chi connectivity index (χ4v) is 2.50. The lowest BCUT2D eigenvalue weighted by Crippen LogP contribution is -2.28. The number of methoxy groups -OCH3 is 1. The molecule has 1 amide bonds. The van der Waals surface area contributed by atoms with Crippen molar-refractivity contribution in [3.8, 4) is 11.3 Å². The first-order valence-corrected chi connectivity index (χ1v) is 6.65. The summed E-state index contributed by atoms with van der Waals surface area (Å²) in [5.74, 6) is 0.523. The van der Waals surface area contributed by atoms with Crippen LogP contribution in [0, 0.1) is 0 Å². The third kappa shape index (κ3) is 2.20. The molecule has 1 N–H and O–H groups in total. The van der Waals surface area contributed by atoms with Crippen LogP contribution in [-0.4, -0.2) is 31.3 Å². The number of aryl methyl sites for hydroxylation is 1. The van der Waals surface area contributed by atoms with E-state index in [0.717, 1.165) is 29.7 Å². The topological polar surface area (TPSA) is 64.4 Å². The van der Waals surface area contributed by atoms with Crippen molar-refractivity contribution in [2.45, 2.75) is 12.8 Å². The number of ether oxygens (including phenoxy) is 1. The van der Waals surface area contributed by atoms with Gasteiger partial charge >= 0.3 is 0 Å². The molecule has 5 nitrogen and oxygen atoms in total. The number of hydrogen-bond acceptors (Lipinski definition) is 4. The van der Waals surface area contributed by atoms with E-state index in [9.17, 15) is 4.79 Å². The smallest absolute Gasteiger partial charge is 0.273 e. The molecule has 0 radical (unpaired) electrons. The van der Waals surface area contributed by atoms with Crippen molar-refractivity contribution in [3.63, 3.8) is 0 Å². The normalized spacial score (nSPS) is 12.7. The minimum atomic E-state index is -0.202. The van der Waals surface area contributed by atoms with E-state index in [1.54, 1.807) is 7.11 Å². The number of carbonyl (C=O) groups is 1. The van der Waals surface area contributed by atoms with Gasteiger partial charge in [-0.3, -0.25) is 4.79 Å². The van der Waals surface area contributed by atoms with Gasteiger partial charge in [-0.05, 0) is 18.4 Å². The van der Waals surface area contributed by atoms with Gasteiger partial charge in [-0.2, -0.15) is 0 Å². The Bertz CT molecular complexity index is 634. The second kappa shape index (κ2) is 5.46. The van der Waals surface area contributed by atoms with Crippen molar-refractivity contribution in [3.05, 3.63) is 41.1 Å². The monoisotopic (exact) mass is 272 g/mol. The summed E-state index contributed by atoms with van der Waals surface area (Å²) in [6.45, 7) is 0.947. The van der Waals surface area contributed by atoms with Crippen LogP contribution in [0.25, 0.3) is 11.3 Å². The lowest BCUT2D eigenvalue weighted by atomic mass is 9.89. The number of hydrogen-bond donors (Lipinski definition) is 1. The number of fused-ring (bicyclic) bond motifs is 3. The van der Waals surface area contributed by atoms with Crippen LogP contribution in [0.5, 0.6) is 0 Å². The third-order valence-electron chi connectivity index (χ3n) is 3.50. The largest absolute Gasteiger partial charge is 0.383 e. The number of carbonyl (C=O) groups excluding carboxylic acids is 1. The van der Waals surface area contributed by atoms with Crippen LogP contribution in [-0.2, 0) is 17.6 Å². The van der Waals surface area contributed by atoms with Gasteiger partial charge in [0, 0.05) is 24.8 Å². The van der Waals surface area contributed by atoms with Crippen LogP contribution >= 0.6 is 0 Å². The highest BCUT2D eigenvalue weighted by Gasteiger charge is 2.27. The van der Waals surface area contributed by atoms with Crippen molar-refractivity contribution in [2.24, 2.45) is 0 Å². The maximum atomic E-state index is 12.1. The van der Waals surface area contributed by atoms with E-state index in [2.05, 4.69) is 16.5 Å². The SMILES string of the molecule is COCCNC(=O)c1noc2c1CCc1ccccc1-2. The van der Waals surface area contributed by atoms with Gasteiger partial charge in [-0.15, -0.1) is 0 Å². The van der Waals surface area contributed by atoms with Crippen LogP contribution in [0.2, 0.25) is 0 Å². The minimum Gasteiger partial charge on any atom is -0.383 e. The van der Waals surface area contributed by atoms with E-state index >= 15 is 0 Å². The molecule has 3 rings (SSSR count). The first kappa shape index (κ1) is 12.9. The lowest BCUT2D eigenvalue weighted by molar-refractivity contribution is 0.0927. The van der Waals surface area contributed by atoms with Gasteiger partial charge < -0.3 is 14.6 Å².